The number of rotatable bonds is 5. The lowest BCUT2D eigenvalue weighted by Gasteiger charge is -2.14. The zero-order valence-corrected chi connectivity index (χ0v) is 10.6. The lowest BCUT2D eigenvalue weighted by molar-refractivity contribution is -0.125. The highest BCUT2D eigenvalue weighted by Gasteiger charge is 2.28. The maximum Gasteiger partial charge on any atom is 0.324 e. The molecule has 0 aliphatic carbocycles. The molecule has 1 aliphatic rings. The van der Waals surface area contributed by atoms with Gasteiger partial charge < -0.3 is 10.1 Å². The van der Waals surface area contributed by atoms with Crippen molar-refractivity contribution in [3.05, 3.63) is 29.8 Å². The van der Waals surface area contributed by atoms with Gasteiger partial charge in [-0.15, -0.1) is 0 Å². The van der Waals surface area contributed by atoms with Gasteiger partial charge in [0.25, 0.3) is 5.91 Å². The van der Waals surface area contributed by atoms with Gasteiger partial charge in [-0.3, -0.25) is 19.9 Å². The number of nitrogens with one attached hydrogen (secondary N) is 2. The minimum atomic E-state index is -0.476. The number of imide groups is 1. The second kappa shape index (κ2) is 6.02. The summed E-state index contributed by atoms with van der Waals surface area (Å²) in [6, 6.07) is 6.11. The number of hydrogen-bond donors (Lipinski definition) is 3. The average Bonchev–Trinajstić information content (AvgIpc) is 2.78. The Kier molecular flexibility index (Phi) is 4.16. The topological polar surface area (TPSA) is 114 Å². The van der Waals surface area contributed by atoms with E-state index >= 15 is 0 Å². The van der Waals surface area contributed by atoms with Crippen LogP contribution in [-0.4, -0.2) is 42.4 Å². The van der Waals surface area contributed by atoms with Gasteiger partial charge in [0.1, 0.15) is 12.4 Å². The second-order valence-corrected chi connectivity index (χ2v) is 4.02. The summed E-state index contributed by atoms with van der Waals surface area (Å²) in [5.74, 6) is 4.64. The fourth-order valence-electron chi connectivity index (χ4n) is 1.79. The molecule has 1 aromatic rings. The Balaban J connectivity index is 1.96. The van der Waals surface area contributed by atoms with E-state index < -0.39 is 11.9 Å². The summed E-state index contributed by atoms with van der Waals surface area (Å²) in [5.41, 5.74) is 2.30. The molecule has 106 valence electrons. The largest absolute Gasteiger partial charge is 0.491 e. The number of para-hydroxylation sites is 1. The molecule has 0 radical (unpaired) electrons. The summed E-state index contributed by atoms with van der Waals surface area (Å²) in [5, 5.41) is 2.41. The molecule has 0 bridgehead atoms. The maximum atomic E-state index is 11.5. The molecule has 0 saturated carbocycles. The highest BCUT2D eigenvalue weighted by atomic mass is 16.5. The number of ether oxygens (including phenoxy) is 1. The summed E-state index contributed by atoms with van der Waals surface area (Å²) < 4.78 is 5.43. The molecule has 2 rings (SSSR count). The SMILES string of the molecule is NNC(=O)c1ccccc1OCCN1C(=O)CNC1=O. The van der Waals surface area contributed by atoms with Crippen LogP contribution in [-0.2, 0) is 4.79 Å². The minimum absolute atomic E-state index is 0.00496. The van der Waals surface area contributed by atoms with E-state index in [1.54, 1.807) is 24.3 Å². The number of nitrogens with zero attached hydrogens (tertiary/aromatic N) is 1. The van der Waals surface area contributed by atoms with E-state index in [9.17, 15) is 14.4 Å². The molecular formula is C12H14N4O4. The molecule has 1 heterocycles. The van der Waals surface area contributed by atoms with Gasteiger partial charge in [-0.05, 0) is 12.1 Å². The molecule has 4 amide bonds. The van der Waals surface area contributed by atoms with Crippen molar-refractivity contribution in [3.63, 3.8) is 0 Å². The van der Waals surface area contributed by atoms with E-state index in [-0.39, 0.29) is 31.2 Å². The smallest absolute Gasteiger partial charge is 0.324 e. The monoisotopic (exact) mass is 278 g/mol. The molecular weight excluding hydrogens is 264 g/mol. The summed E-state index contributed by atoms with van der Waals surface area (Å²) in [6.07, 6.45) is 0. The predicted molar refractivity (Wildman–Crippen MR) is 68.7 cm³/mol. The molecule has 1 saturated heterocycles. The molecule has 1 aromatic carbocycles. The van der Waals surface area contributed by atoms with E-state index in [4.69, 9.17) is 10.6 Å². The number of nitrogens with two attached hydrogens (primary N) is 1. The Morgan fingerprint density at radius 3 is 2.80 bits per heavy atom. The lowest BCUT2D eigenvalue weighted by atomic mass is 10.2. The van der Waals surface area contributed by atoms with Crippen LogP contribution in [0.25, 0.3) is 0 Å². The van der Waals surface area contributed by atoms with Gasteiger partial charge in [0.05, 0.1) is 18.7 Å². The van der Waals surface area contributed by atoms with Crippen molar-refractivity contribution >= 4 is 17.8 Å². The van der Waals surface area contributed by atoms with Gasteiger partial charge in [0.2, 0.25) is 5.91 Å². The van der Waals surface area contributed by atoms with Crippen LogP contribution in [0.2, 0.25) is 0 Å². The quantitative estimate of drug-likeness (QED) is 0.283. The third-order valence-corrected chi connectivity index (χ3v) is 2.77. The van der Waals surface area contributed by atoms with Gasteiger partial charge in [0, 0.05) is 0 Å². The first-order valence-corrected chi connectivity index (χ1v) is 5.94. The number of amides is 4. The highest BCUT2D eigenvalue weighted by molar-refractivity contribution is 6.01. The Morgan fingerprint density at radius 2 is 2.15 bits per heavy atom. The highest BCUT2D eigenvalue weighted by Crippen LogP contribution is 2.17. The van der Waals surface area contributed by atoms with E-state index in [0.717, 1.165) is 4.90 Å². The predicted octanol–water partition coefficient (Wildman–Crippen LogP) is -0.779. The number of carbonyl (C=O) groups is 3. The molecule has 1 aliphatic heterocycles. The van der Waals surface area contributed by atoms with Gasteiger partial charge in [-0.25, -0.2) is 10.6 Å². The van der Waals surface area contributed by atoms with E-state index in [0.29, 0.717) is 5.75 Å². The van der Waals surface area contributed by atoms with Crippen molar-refractivity contribution < 1.29 is 19.1 Å². The van der Waals surface area contributed by atoms with Crippen LogP contribution >= 0.6 is 0 Å². The van der Waals surface area contributed by atoms with Crippen molar-refractivity contribution in [3.8, 4) is 5.75 Å². The molecule has 0 aromatic heterocycles. The van der Waals surface area contributed by atoms with Crippen molar-refractivity contribution in [2.24, 2.45) is 5.84 Å². The van der Waals surface area contributed by atoms with Gasteiger partial charge in [-0.1, -0.05) is 12.1 Å². The molecule has 8 heteroatoms. The van der Waals surface area contributed by atoms with Crippen molar-refractivity contribution in [2.75, 3.05) is 19.7 Å². The third-order valence-electron chi connectivity index (χ3n) is 2.77. The number of carbonyl (C=O) groups excluding carboxylic acids is 3. The Morgan fingerprint density at radius 1 is 1.40 bits per heavy atom. The first kappa shape index (κ1) is 13.8. The van der Waals surface area contributed by atoms with Gasteiger partial charge in [0.15, 0.2) is 0 Å². The molecule has 8 nitrogen and oxygen atoms in total. The summed E-state index contributed by atoms with van der Waals surface area (Å²) in [6.45, 7) is 0.211. The van der Waals surface area contributed by atoms with Crippen molar-refractivity contribution in [1.82, 2.24) is 15.6 Å². The maximum absolute atomic E-state index is 11.5. The number of hydrazine groups is 1. The van der Waals surface area contributed by atoms with Gasteiger partial charge in [-0.2, -0.15) is 0 Å². The van der Waals surface area contributed by atoms with E-state index in [1.165, 1.54) is 0 Å². The van der Waals surface area contributed by atoms with E-state index in [1.807, 2.05) is 5.43 Å². The number of benzene rings is 1. The summed E-state index contributed by atoms with van der Waals surface area (Å²) >= 11 is 0. The Hall–Kier alpha value is -2.61. The van der Waals surface area contributed by atoms with E-state index in [2.05, 4.69) is 5.32 Å². The summed E-state index contributed by atoms with van der Waals surface area (Å²) in [7, 11) is 0. The first-order chi connectivity index (χ1) is 9.63. The zero-order chi connectivity index (χ0) is 14.5. The first-order valence-electron chi connectivity index (χ1n) is 5.94. The zero-order valence-electron chi connectivity index (χ0n) is 10.6. The number of urea groups is 1. The minimum Gasteiger partial charge on any atom is -0.491 e. The molecule has 20 heavy (non-hydrogen) atoms. The molecule has 0 spiro atoms. The standard InChI is InChI=1S/C12H14N4O4/c13-15-11(18)8-3-1-2-4-9(8)20-6-5-16-10(17)7-14-12(16)19/h1-4H,5-7,13H2,(H,14,19)(H,15,18). The van der Waals surface area contributed by atoms with Crippen LogP contribution in [0, 0.1) is 0 Å². The fraction of sp³-hybridized carbons (Fsp3) is 0.250. The normalized spacial score (nSPS) is 14.2. The van der Waals surface area contributed by atoms with Crippen LogP contribution in [0.15, 0.2) is 24.3 Å². The Bertz CT molecular complexity index is 530. The van der Waals surface area contributed by atoms with Crippen LogP contribution in [0.3, 0.4) is 0 Å². The summed E-state index contributed by atoms with van der Waals surface area (Å²) in [4.78, 5) is 35.2. The Labute approximate surface area is 114 Å². The number of hydrogen-bond acceptors (Lipinski definition) is 5. The second-order valence-electron chi connectivity index (χ2n) is 4.02. The molecule has 4 N–H and O–H groups in total. The molecule has 0 unspecified atom stereocenters. The number of nitrogen functional groups attached to an aromatic ring is 1. The van der Waals surface area contributed by atoms with Crippen LogP contribution in [0.4, 0.5) is 4.79 Å². The van der Waals surface area contributed by atoms with Gasteiger partial charge >= 0.3 is 6.03 Å². The average molecular weight is 278 g/mol. The van der Waals surface area contributed by atoms with Crippen molar-refractivity contribution in [1.29, 1.82) is 0 Å². The van der Waals surface area contributed by atoms with Crippen LogP contribution in [0.1, 0.15) is 10.4 Å². The third kappa shape index (κ3) is 2.86. The van der Waals surface area contributed by atoms with Crippen LogP contribution in [0.5, 0.6) is 5.75 Å². The molecule has 1 fully saturated rings. The van der Waals surface area contributed by atoms with Crippen LogP contribution < -0.4 is 21.3 Å². The molecule has 0 atom stereocenters. The lowest BCUT2D eigenvalue weighted by Crippen LogP contribution is -2.35. The fourth-order valence-corrected chi connectivity index (χ4v) is 1.79. The van der Waals surface area contributed by atoms with Crippen molar-refractivity contribution in [2.45, 2.75) is 0 Å².